The van der Waals surface area contributed by atoms with Gasteiger partial charge in [-0.25, -0.2) is 21.9 Å². The summed E-state index contributed by atoms with van der Waals surface area (Å²) in [5.74, 6) is -2.02. The Balaban J connectivity index is 1.76. The quantitative estimate of drug-likeness (QED) is 0.674. The summed E-state index contributed by atoms with van der Waals surface area (Å²) in [5.41, 5.74) is -0.217. The third-order valence-corrected chi connectivity index (χ3v) is 5.00. The topological polar surface area (TPSA) is 88.4 Å². The smallest absolute Gasteiger partial charge is 0.255 e. The van der Waals surface area contributed by atoms with Crippen LogP contribution < -0.4 is 10.0 Å². The zero-order valence-corrected chi connectivity index (χ0v) is 14.6. The lowest BCUT2D eigenvalue weighted by Crippen LogP contribution is -2.23. The molecule has 0 unspecified atom stereocenters. The van der Waals surface area contributed by atoms with Crippen LogP contribution in [0.5, 0.6) is 0 Å². The molecule has 0 atom stereocenters. The van der Waals surface area contributed by atoms with Crippen molar-refractivity contribution in [3.63, 3.8) is 0 Å². The lowest BCUT2D eigenvalue weighted by atomic mass is 10.2. The van der Waals surface area contributed by atoms with Crippen molar-refractivity contribution in [2.75, 3.05) is 5.32 Å². The van der Waals surface area contributed by atoms with Gasteiger partial charge in [0.15, 0.2) is 0 Å². The fraction of sp³-hybridized carbons (Fsp3) is 0.0556. The van der Waals surface area contributed by atoms with Crippen molar-refractivity contribution in [1.29, 1.82) is 0 Å². The Morgan fingerprint density at radius 1 is 1.04 bits per heavy atom. The fourth-order valence-electron chi connectivity index (χ4n) is 2.25. The van der Waals surface area contributed by atoms with Gasteiger partial charge in [0.2, 0.25) is 10.0 Å². The summed E-state index contributed by atoms with van der Waals surface area (Å²) in [6, 6.07) is 11.2. The summed E-state index contributed by atoms with van der Waals surface area (Å²) >= 11 is 0. The van der Waals surface area contributed by atoms with E-state index in [1.807, 2.05) is 0 Å². The maximum absolute atomic E-state index is 13.7. The Kier molecular flexibility index (Phi) is 5.33. The lowest BCUT2D eigenvalue weighted by molar-refractivity contribution is 0.102. The SMILES string of the molecule is O=C(Nc1ccc(F)cc1F)c1cccc(S(=O)(=O)NCc2ccco2)c1. The van der Waals surface area contributed by atoms with E-state index in [0.29, 0.717) is 11.8 Å². The first-order valence-corrected chi connectivity index (χ1v) is 9.22. The minimum Gasteiger partial charge on any atom is -0.468 e. The first-order chi connectivity index (χ1) is 12.8. The summed E-state index contributed by atoms with van der Waals surface area (Å²) in [6.07, 6.45) is 1.42. The molecule has 27 heavy (non-hydrogen) atoms. The number of hydrogen-bond donors (Lipinski definition) is 2. The van der Waals surface area contributed by atoms with Crippen molar-refractivity contribution in [3.05, 3.63) is 83.8 Å². The standard InChI is InChI=1S/C18H14F2N2O4S/c19-13-6-7-17(16(20)10-13)22-18(23)12-3-1-5-15(9-12)27(24,25)21-11-14-4-2-8-26-14/h1-10,21H,11H2,(H,22,23). The molecule has 0 radical (unpaired) electrons. The Morgan fingerprint density at radius 2 is 1.85 bits per heavy atom. The molecule has 1 aromatic heterocycles. The predicted octanol–water partition coefficient (Wildman–Crippen LogP) is 3.29. The molecule has 9 heteroatoms. The predicted molar refractivity (Wildman–Crippen MR) is 93.5 cm³/mol. The molecule has 2 N–H and O–H groups in total. The third kappa shape index (κ3) is 4.57. The van der Waals surface area contributed by atoms with Crippen molar-refractivity contribution in [2.24, 2.45) is 0 Å². The minimum absolute atomic E-state index is 0.000372. The van der Waals surface area contributed by atoms with Crippen LogP contribution >= 0.6 is 0 Å². The van der Waals surface area contributed by atoms with Crippen molar-refractivity contribution >= 4 is 21.6 Å². The number of anilines is 1. The van der Waals surface area contributed by atoms with Crippen LogP contribution in [-0.4, -0.2) is 14.3 Å². The van der Waals surface area contributed by atoms with E-state index in [0.717, 1.165) is 18.2 Å². The Morgan fingerprint density at radius 3 is 2.56 bits per heavy atom. The van der Waals surface area contributed by atoms with Crippen molar-refractivity contribution in [3.8, 4) is 0 Å². The molecule has 2 aromatic carbocycles. The second kappa shape index (κ2) is 7.68. The van der Waals surface area contributed by atoms with Crippen LogP contribution in [0, 0.1) is 11.6 Å². The number of carbonyl (C=O) groups is 1. The van der Waals surface area contributed by atoms with Gasteiger partial charge >= 0.3 is 0 Å². The van der Waals surface area contributed by atoms with Gasteiger partial charge in [-0.3, -0.25) is 4.79 Å². The second-order valence-electron chi connectivity index (χ2n) is 5.51. The molecule has 0 saturated carbocycles. The number of benzene rings is 2. The number of hydrogen-bond acceptors (Lipinski definition) is 4. The van der Waals surface area contributed by atoms with E-state index in [2.05, 4.69) is 10.0 Å². The normalized spacial score (nSPS) is 11.3. The van der Waals surface area contributed by atoms with Crippen LogP contribution in [0.1, 0.15) is 16.1 Å². The molecule has 6 nitrogen and oxygen atoms in total. The molecule has 0 aliphatic carbocycles. The van der Waals surface area contributed by atoms with Gasteiger partial charge in [0.25, 0.3) is 5.91 Å². The van der Waals surface area contributed by atoms with Crippen LogP contribution in [0.4, 0.5) is 14.5 Å². The highest BCUT2D eigenvalue weighted by molar-refractivity contribution is 7.89. The van der Waals surface area contributed by atoms with Gasteiger partial charge in [-0.05, 0) is 42.5 Å². The zero-order valence-electron chi connectivity index (χ0n) is 13.8. The zero-order chi connectivity index (χ0) is 19.4. The van der Waals surface area contributed by atoms with Crippen LogP contribution in [0.2, 0.25) is 0 Å². The second-order valence-corrected chi connectivity index (χ2v) is 7.28. The van der Waals surface area contributed by atoms with E-state index >= 15 is 0 Å². The van der Waals surface area contributed by atoms with E-state index < -0.39 is 27.6 Å². The molecule has 0 fully saturated rings. The number of furan rings is 1. The molecule has 0 aliphatic rings. The van der Waals surface area contributed by atoms with Crippen molar-refractivity contribution in [1.82, 2.24) is 4.72 Å². The average Bonchev–Trinajstić information content (AvgIpc) is 3.16. The number of rotatable bonds is 6. The van der Waals surface area contributed by atoms with Gasteiger partial charge < -0.3 is 9.73 Å². The molecule has 0 aliphatic heterocycles. The summed E-state index contributed by atoms with van der Waals surface area (Å²) in [6.45, 7) is -0.0491. The molecule has 3 rings (SSSR count). The summed E-state index contributed by atoms with van der Waals surface area (Å²) in [7, 11) is -3.89. The first kappa shape index (κ1) is 18.7. The number of halogens is 2. The molecule has 0 bridgehead atoms. The summed E-state index contributed by atoms with van der Waals surface area (Å²) in [4.78, 5) is 12.1. The van der Waals surface area contributed by atoms with Crippen molar-refractivity contribution < 1.29 is 26.4 Å². The lowest BCUT2D eigenvalue weighted by Gasteiger charge is -2.09. The van der Waals surface area contributed by atoms with Gasteiger partial charge in [0.1, 0.15) is 17.4 Å². The van der Waals surface area contributed by atoms with Crippen LogP contribution in [0.25, 0.3) is 0 Å². The molecule has 1 heterocycles. The molecule has 140 valence electrons. The molecular weight excluding hydrogens is 378 g/mol. The molecule has 1 amide bonds. The molecule has 3 aromatic rings. The first-order valence-electron chi connectivity index (χ1n) is 7.74. The van der Waals surface area contributed by atoms with Gasteiger partial charge in [-0.2, -0.15) is 0 Å². The van der Waals surface area contributed by atoms with E-state index in [1.165, 1.54) is 24.5 Å². The van der Waals surface area contributed by atoms with Crippen LogP contribution in [0.15, 0.2) is 70.2 Å². The van der Waals surface area contributed by atoms with Crippen LogP contribution in [-0.2, 0) is 16.6 Å². The number of amides is 1. The van der Waals surface area contributed by atoms with E-state index in [1.54, 1.807) is 12.1 Å². The maximum Gasteiger partial charge on any atom is 0.255 e. The van der Waals surface area contributed by atoms with Crippen LogP contribution in [0.3, 0.4) is 0 Å². The Hall–Kier alpha value is -3.04. The highest BCUT2D eigenvalue weighted by Crippen LogP contribution is 2.18. The highest BCUT2D eigenvalue weighted by Gasteiger charge is 2.17. The van der Waals surface area contributed by atoms with E-state index in [-0.39, 0.29) is 22.7 Å². The monoisotopic (exact) mass is 392 g/mol. The summed E-state index contributed by atoms with van der Waals surface area (Å²) in [5, 5.41) is 2.28. The maximum atomic E-state index is 13.7. The Labute approximate surface area is 153 Å². The number of sulfonamides is 1. The fourth-order valence-corrected chi connectivity index (χ4v) is 3.29. The summed E-state index contributed by atoms with van der Waals surface area (Å²) < 4.78 is 58.7. The van der Waals surface area contributed by atoms with Gasteiger partial charge in [-0.1, -0.05) is 6.07 Å². The number of carbonyl (C=O) groups excluding carboxylic acids is 1. The van der Waals surface area contributed by atoms with Gasteiger partial charge in [0.05, 0.1) is 23.4 Å². The minimum atomic E-state index is -3.89. The average molecular weight is 392 g/mol. The highest BCUT2D eigenvalue weighted by atomic mass is 32.2. The molecular formula is C18H14F2N2O4S. The third-order valence-electron chi connectivity index (χ3n) is 3.60. The molecule has 0 saturated heterocycles. The van der Waals surface area contributed by atoms with E-state index in [9.17, 15) is 22.0 Å². The van der Waals surface area contributed by atoms with Gasteiger partial charge in [0, 0.05) is 11.6 Å². The van der Waals surface area contributed by atoms with Gasteiger partial charge in [-0.15, -0.1) is 0 Å². The van der Waals surface area contributed by atoms with Crippen molar-refractivity contribution in [2.45, 2.75) is 11.4 Å². The number of nitrogens with one attached hydrogen (secondary N) is 2. The Bertz CT molecular complexity index is 1070. The largest absolute Gasteiger partial charge is 0.468 e. The van der Waals surface area contributed by atoms with E-state index in [4.69, 9.17) is 4.42 Å². The molecule has 0 spiro atoms.